The van der Waals surface area contributed by atoms with Crippen LogP contribution in [0.5, 0.6) is 5.75 Å². The first-order valence-corrected chi connectivity index (χ1v) is 13.1. The van der Waals surface area contributed by atoms with E-state index in [9.17, 15) is 13.2 Å². The number of nitrogens with one attached hydrogen (secondary N) is 1. The van der Waals surface area contributed by atoms with E-state index in [0.29, 0.717) is 18.8 Å². The van der Waals surface area contributed by atoms with E-state index in [1.54, 1.807) is 29.4 Å². The molecule has 0 spiro atoms. The largest absolute Gasteiger partial charge is 0.467 e. The van der Waals surface area contributed by atoms with Crippen molar-refractivity contribution in [3.8, 4) is 5.75 Å². The molecule has 32 heavy (non-hydrogen) atoms. The van der Waals surface area contributed by atoms with Gasteiger partial charge in [0.15, 0.2) is 0 Å². The molecule has 2 amide bonds. The lowest BCUT2D eigenvalue weighted by Gasteiger charge is -2.57. The molecule has 1 aromatic heterocycles. The molecular weight excluding hydrogens is 428 g/mol. The zero-order valence-electron chi connectivity index (χ0n) is 18.3. The standard InChI is InChI=1S/C24H30N2O5S/c1-32(28,29)31-21-5-2-4-17(11-21)15-26(16-22-6-3-7-30-22)23(27)25-24-12-18-8-19(13-24)10-20(9-18)14-24/h2-7,11,18-20H,8-10,12-16H2,1H3,(H,25,27). The predicted molar refractivity (Wildman–Crippen MR) is 119 cm³/mol. The molecule has 1 N–H and O–H groups in total. The fraction of sp³-hybridized carbons (Fsp3) is 0.542. The highest BCUT2D eigenvalue weighted by Crippen LogP contribution is 2.55. The number of carbonyl (C=O) groups excluding carboxylic acids is 1. The summed E-state index contributed by atoms with van der Waals surface area (Å²) in [5.74, 6) is 3.17. The fourth-order valence-electron chi connectivity index (χ4n) is 6.45. The van der Waals surface area contributed by atoms with Crippen molar-refractivity contribution < 1.29 is 21.8 Å². The maximum atomic E-state index is 13.5. The molecule has 8 heteroatoms. The molecule has 0 aliphatic heterocycles. The van der Waals surface area contributed by atoms with Crippen LogP contribution in [0.1, 0.15) is 49.8 Å². The van der Waals surface area contributed by atoms with E-state index < -0.39 is 10.1 Å². The van der Waals surface area contributed by atoms with Gasteiger partial charge < -0.3 is 18.8 Å². The SMILES string of the molecule is CS(=O)(=O)Oc1cccc(CN(Cc2ccco2)C(=O)NC23CC4CC(CC(C4)C2)C3)c1. The van der Waals surface area contributed by atoms with Gasteiger partial charge in [-0.1, -0.05) is 12.1 Å². The van der Waals surface area contributed by atoms with Crippen LogP contribution in [0.15, 0.2) is 47.1 Å². The second-order valence-corrected chi connectivity index (χ2v) is 11.6. The average molecular weight is 459 g/mol. The van der Waals surface area contributed by atoms with Crippen LogP contribution in [-0.4, -0.2) is 31.1 Å². The summed E-state index contributed by atoms with van der Waals surface area (Å²) in [6, 6.07) is 10.4. The Kier molecular flexibility index (Phi) is 5.43. The second kappa shape index (κ2) is 8.14. The van der Waals surface area contributed by atoms with E-state index in [-0.39, 0.29) is 17.3 Å². The number of carbonyl (C=O) groups is 1. The number of amides is 2. The highest BCUT2D eigenvalue weighted by molar-refractivity contribution is 7.86. The summed E-state index contributed by atoms with van der Waals surface area (Å²) in [5.41, 5.74) is 0.701. The van der Waals surface area contributed by atoms with Crippen molar-refractivity contribution in [3.05, 3.63) is 54.0 Å². The van der Waals surface area contributed by atoms with Crippen LogP contribution < -0.4 is 9.50 Å². The molecule has 0 radical (unpaired) electrons. The molecule has 1 heterocycles. The van der Waals surface area contributed by atoms with Gasteiger partial charge in [-0.05, 0) is 86.1 Å². The topological polar surface area (TPSA) is 88.9 Å². The molecule has 0 unspecified atom stereocenters. The monoisotopic (exact) mass is 458 g/mol. The molecule has 4 saturated carbocycles. The minimum Gasteiger partial charge on any atom is -0.467 e. The van der Waals surface area contributed by atoms with Gasteiger partial charge >= 0.3 is 16.1 Å². The van der Waals surface area contributed by atoms with E-state index in [1.165, 1.54) is 19.3 Å². The molecule has 1 aromatic carbocycles. The molecule has 0 atom stereocenters. The summed E-state index contributed by atoms with van der Waals surface area (Å²) >= 11 is 0. The number of rotatable bonds is 7. The van der Waals surface area contributed by atoms with Gasteiger partial charge in [0.05, 0.1) is 19.1 Å². The van der Waals surface area contributed by atoms with Gasteiger partial charge in [-0.3, -0.25) is 0 Å². The van der Waals surface area contributed by atoms with Gasteiger partial charge in [0.1, 0.15) is 11.5 Å². The van der Waals surface area contributed by atoms with Crippen LogP contribution >= 0.6 is 0 Å². The Morgan fingerprint density at radius 2 is 1.78 bits per heavy atom. The van der Waals surface area contributed by atoms with Gasteiger partial charge in [-0.15, -0.1) is 0 Å². The Morgan fingerprint density at radius 3 is 2.38 bits per heavy atom. The van der Waals surface area contributed by atoms with Crippen LogP contribution in [0.25, 0.3) is 0 Å². The molecule has 4 bridgehead atoms. The zero-order valence-corrected chi connectivity index (χ0v) is 19.1. The first-order chi connectivity index (χ1) is 15.3. The third-order valence-corrected chi connectivity index (χ3v) is 7.64. The van der Waals surface area contributed by atoms with Crippen LogP contribution in [0.2, 0.25) is 0 Å². The highest BCUT2D eigenvalue weighted by atomic mass is 32.2. The summed E-state index contributed by atoms with van der Waals surface area (Å²) in [5, 5.41) is 3.43. The average Bonchev–Trinajstić information content (AvgIpc) is 3.18. The van der Waals surface area contributed by atoms with E-state index in [2.05, 4.69) is 5.32 Å². The summed E-state index contributed by atoms with van der Waals surface area (Å²) in [4.78, 5) is 15.3. The van der Waals surface area contributed by atoms with Crippen molar-refractivity contribution in [3.63, 3.8) is 0 Å². The van der Waals surface area contributed by atoms with Gasteiger partial charge in [-0.25, -0.2) is 4.79 Å². The van der Waals surface area contributed by atoms with Gasteiger partial charge in [0.25, 0.3) is 0 Å². The first-order valence-electron chi connectivity index (χ1n) is 11.3. The molecular formula is C24H30N2O5S. The Balaban J connectivity index is 1.34. The minimum atomic E-state index is -3.62. The lowest BCUT2D eigenvalue weighted by atomic mass is 9.53. The normalized spacial score (nSPS) is 28.5. The smallest absolute Gasteiger partial charge is 0.318 e. The van der Waals surface area contributed by atoms with Crippen molar-refractivity contribution in [1.82, 2.24) is 10.2 Å². The van der Waals surface area contributed by atoms with Crippen molar-refractivity contribution in [2.75, 3.05) is 6.26 Å². The lowest BCUT2D eigenvalue weighted by Crippen LogP contribution is -2.61. The van der Waals surface area contributed by atoms with E-state index in [1.807, 2.05) is 18.2 Å². The van der Waals surface area contributed by atoms with Crippen LogP contribution in [0.4, 0.5) is 4.79 Å². The summed E-state index contributed by atoms with van der Waals surface area (Å²) < 4.78 is 33.5. The van der Waals surface area contributed by atoms with E-state index in [0.717, 1.165) is 48.8 Å². The number of urea groups is 1. The van der Waals surface area contributed by atoms with Gasteiger partial charge in [-0.2, -0.15) is 8.42 Å². The maximum Gasteiger partial charge on any atom is 0.318 e. The van der Waals surface area contributed by atoms with E-state index >= 15 is 0 Å². The molecule has 4 aliphatic rings. The number of nitrogens with zero attached hydrogens (tertiary/aromatic N) is 1. The Morgan fingerprint density at radius 1 is 1.09 bits per heavy atom. The summed E-state index contributed by atoms with van der Waals surface area (Å²) in [6.07, 6.45) is 9.81. The number of hydrogen-bond donors (Lipinski definition) is 1. The molecule has 4 aliphatic carbocycles. The number of hydrogen-bond acceptors (Lipinski definition) is 5. The first kappa shape index (κ1) is 21.4. The molecule has 4 fully saturated rings. The fourth-order valence-corrected chi connectivity index (χ4v) is 6.90. The van der Waals surface area contributed by atoms with E-state index in [4.69, 9.17) is 8.60 Å². The van der Waals surface area contributed by atoms with Crippen LogP contribution in [-0.2, 0) is 23.2 Å². The van der Waals surface area contributed by atoms with Gasteiger partial charge in [0.2, 0.25) is 0 Å². The van der Waals surface area contributed by atoms with Crippen LogP contribution in [0.3, 0.4) is 0 Å². The second-order valence-electron chi connectivity index (χ2n) is 10.00. The number of benzene rings is 1. The predicted octanol–water partition coefficient (Wildman–Crippen LogP) is 4.30. The quantitative estimate of drug-likeness (QED) is 0.625. The third kappa shape index (κ3) is 4.80. The lowest BCUT2D eigenvalue weighted by molar-refractivity contribution is -0.0160. The zero-order chi connectivity index (χ0) is 22.3. The molecule has 7 nitrogen and oxygen atoms in total. The maximum absolute atomic E-state index is 13.5. The Bertz CT molecular complexity index is 1040. The molecule has 6 rings (SSSR count). The van der Waals surface area contributed by atoms with Crippen molar-refractivity contribution >= 4 is 16.1 Å². The highest BCUT2D eigenvalue weighted by Gasteiger charge is 2.51. The van der Waals surface area contributed by atoms with Crippen molar-refractivity contribution in [2.24, 2.45) is 17.8 Å². The Hall–Kier alpha value is -2.48. The Labute approximate surface area is 189 Å². The summed E-state index contributed by atoms with van der Waals surface area (Å²) in [6.45, 7) is 0.655. The third-order valence-electron chi connectivity index (χ3n) is 7.14. The van der Waals surface area contributed by atoms with Crippen LogP contribution in [0, 0.1) is 17.8 Å². The molecule has 172 valence electrons. The molecule has 2 aromatic rings. The minimum absolute atomic E-state index is 0.0888. The van der Waals surface area contributed by atoms with Gasteiger partial charge in [0, 0.05) is 12.1 Å². The van der Waals surface area contributed by atoms with Crippen molar-refractivity contribution in [2.45, 2.75) is 57.2 Å². The number of furan rings is 1. The molecule has 0 saturated heterocycles. The van der Waals surface area contributed by atoms with Crippen molar-refractivity contribution in [1.29, 1.82) is 0 Å². The summed E-state index contributed by atoms with van der Waals surface area (Å²) in [7, 11) is -3.62.